The van der Waals surface area contributed by atoms with Crippen LogP contribution in [-0.2, 0) is 15.8 Å². The van der Waals surface area contributed by atoms with Gasteiger partial charge >= 0.3 is 0 Å². The van der Waals surface area contributed by atoms with Crippen LogP contribution in [0.25, 0.3) is 0 Å². The van der Waals surface area contributed by atoms with Gasteiger partial charge in [0.1, 0.15) is 5.75 Å². The van der Waals surface area contributed by atoms with Gasteiger partial charge in [0.15, 0.2) is 0 Å². The Morgan fingerprint density at radius 2 is 1.76 bits per heavy atom. The number of para-hydroxylation sites is 1. The highest BCUT2D eigenvalue weighted by atomic mass is 32.2. The Bertz CT molecular complexity index is 697. The lowest BCUT2D eigenvalue weighted by molar-refractivity contribution is 0.340. The first-order chi connectivity index (χ1) is 10.00. The van der Waals surface area contributed by atoms with E-state index in [0.717, 1.165) is 0 Å². The molecule has 0 radical (unpaired) electrons. The van der Waals surface area contributed by atoms with E-state index >= 15 is 0 Å². The van der Waals surface area contributed by atoms with E-state index in [1.165, 1.54) is 0 Å². The Balaban J connectivity index is 2.09. The molecule has 0 spiro atoms. The number of rotatable bonds is 6. The van der Waals surface area contributed by atoms with Gasteiger partial charge in [-0.3, -0.25) is 4.72 Å². The molecule has 0 heterocycles. The maximum atomic E-state index is 12.1. The summed E-state index contributed by atoms with van der Waals surface area (Å²) < 4.78 is 32.1. The van der Waals surface area contributed by atoms with Gasteiger partial charge in [0.05, 0.1) is 12.4 Å². The molecule has 0 saturated carbocycles. The van der Waals surface area contributed by atoms with Gasteiger partial charge in [0.25, 0.3) is 0 Å². The molecule has 5 nitrogen and oxygen atoms in total. The Morgan fingerprint density at radius 3 is 2.38 bits per heavy atom. The maximum Gasteiger partial charge on any atom is 0.236 e. The molecule has 0 saturated heterocycles. The molecule has 0 bridgehead atoms. The molecule has 0 aliphatic rings. The molecule has 112 valence electrons. The van der Waals surface area contributed by atoms with Crippen LogP contribution in [0, 0.1) is 0 Å². The third-order valence-corrected chi connectivity index (χ3v) is 4.08. The van der Waals surface area contributed by atoms with Crippen molar-refractivity contribution >= 4 is 21.4 Å². The number of ether oxygens (including phenoxy) is 1. The van der Waals surface area contributed by atoms with Crippen LogP contribution in [0.3, 0.4) is 0 Å². The van der Waals surface area contributed by atoms with Crippen LogP contribution < -0.4 is 15.2 Å². The molecule has 21 heavy (non-hydrogen) atoms. The molecule has 3 N–H and O–H groups in total. The van der Waals surface area contributed by atoms with E-state index in [4.69, 9.17) is 10.5 Å². The van der Waals surface area contributed by atoms with Gasteiger partial charge in [-0.15, -0.1) is 0 Å². The molecule has 2 aromatic carbocycles. The summed E-state index contributed by atoms with van der Waals surface area (Å²) in [5.41, 5.74) is 7.31. The molecular weight excluding hydrogens is 288 g/mol. The predicted octanol–water partition coefficient (Wildman–Crippen LogP) is 2.61. The molecule has 0 aliphatic carbocycles. The summed E-state index contributed by atoms with van der Waals surface area (Å²) in [6.07, 6.45) is 0. The van der Waals surface area contributed by atoms with Crippen molar-refractivity contribution in [3.05, 3.63) is 54.1 Å². The standard InChI is InChI=1S/C15H18N2O3S/c1-2-20-14-9-7-13(8-10-14)17-21(18,19)11-12-5-3-4-6-15(12)16/h3-10,17H,2,11,16H2,1H3. The second-order valence-electron chi connectivity index (χ2n) is 4.52. The molecule has 0 fully saturated rings. The summed E-state index contributed by atoms with van der Waals surface area (Å²) in [5.74, 6) is 0.542. The summed E-state index contributed by atoms with van der Waals surface area (Å²) in [7, 11) is -3.51. The van der Waals surface area contributed by atoms with E-state index in [0.29, 0.717) is 29.3 Å². The molecule has 6 heteroatoms. The average molecular weight is 306 g/mol. The fourth-order valence-electron chi connectivity index (χ4n) is 1.87. The van der Waals surface area contributed by atoms with Crippen LogP contribution in [-0.4, -0.2) is 15.0 Å². The summed E-state index contributed by atoms with van der Waals surface area (Å²) >= 11 is 0. The minimum absolute atomic E-state index is 0.160. The molecular formula is C15H18N2O3S. The van der Waals surface area contributed by atoms with Gasteiger partial charge in [-0.1, -0.05) is 18.2 Å². The van der Waals surface area contributed by atoms with E-state index in [1.807, 2.05) is 6.92 Å². The highest BCUT2D eigenvalue weighted by Crippen LogP contribution is 2.19. The monoisotopic (exact) mass is 306 g/mol. The van der Waals surface area contributed by atoms with Crippen LogP contribution in [0.4, 0.5) is 11.4 Å². The van der Waals surface area contributed by atoms with Crippen molar-refractivity contribution in [1.29, 1.82) is 0 Å². The van der Waals surface area contributed by atoms with Gasteiger partial charge in [-0.25, -0.2) is 8.42 Å². The molecule has 0 atom stereocenters. The quantitative estimate of drug-likeness (QED) is 0.804. The lowest BCUT2D eigenvalue weighted by atomic mass is 10.2. The van der Waals surface area contributed by atoms with E-state index in [1.54, 1.807) is 48.5 Å². The number of nitrogen functional groups attached to an aromatic ring is 1. The number of anilines is 2. The normalized spacial score (nSPS) is 11.1. The third-order valence-electron chi connectivity index (χ3n) is 2.84. The SMILES string of the molecule is CCOc1ccc(NS(=O)(=O)Cc2ccccc2N)cc1. The minimum atomic E-state index is -3.51. The van der Waals surface area contributed by atoms with Crippen molar-refractivity contribution in [3.8, 4) is 5.75 Å². The van der Waals surface area contributed by atoms with Crippen LogP contribution in [0.5, 0.6) is 5.75 Å². The van der Waals surface area contributed by atoms with E-state index in [-0.39, 0.29) is 5.75 Å². The molecule has 2 rings (SSSR count). The van der Waals surface area contributed by atoms with Crippen LogP contribution in [0.2, 0.25) is 0 Å². The lowest BCUT2D eigenvalue weighted by Gasteiger charge is -2.10. The summed E-state index contributed by atoms with van der Waals surface area (Å²) in [6.45, 7) is 2.46. The zero-order valence-corrected chi connectivity index (χ0v) is 12.6. The summed E-state index contributed by atoms with van der Waals surface area (Å²) in [5, 5.41) is 0. The van der Waals surface area contributed by atoms with Crippen molar-refractivity contribution < 1.29 is 13.2 Å². The Hall–Kier alpha value is -2.21. The minimum Gasteiger partial charge on any atom is -0.494 e. The fourth-order valence-corrected chi connectivity index (χ4v) is 3.11. The molecule has 0 aliphatic heterocycles. The van der Waals surface area contributed by atoms with E-state index in [2.05, 4.69) is 4.72 Å². The number of hydrogen-bond donors (Lipinski definition) is 2. The molecule has 0 unspecified atom stereocenters. The van der Waals surface area contributed by atoms with E-state index in [9.17, 15) is 8.42 Å². The largest absolute Gasteiger partial charge is 0.494 e. The zero-order chi connectivity index (χ0) is 15.3. The van der Waals surface area contributed by atoms with Gasteiger partial charge in [0, 0.05) is 11.4 Å². The summed E-state index contributed by atoms with van der Waals surface area (Å²) in [6, 6.07) is 13.7. The van der Waals surface area contributed by atoms with Gasteiger partial charge < -0.3 is 10.5 Å². The third kappa shape index (κ3) is 4.39. The predicted molar refractivity (Wildman–Crippen MR) is 84.7 cm³/mol. The van der Waals surface area contributed by atoms with Gasteiger partial charge in [-0.05, 0) is 42.8 Å². The van der Waals surface area contributed by atoms with Crippen molar-refractivity contribution in [2.45, 2.75) is 12.7 Å². The Labute approximate surface area is 124 Å². The number of nitrogens with two attached hydrogens (primary N) is 1. The first kappa shape index (κ1) is 15.2. The average Bonchev–Trinajstić information content (AvgIpc) is 2.43. The van der Waals surface area contributed by atoms with Crippen molar-refractivity contribution in [2.75, 3.05) is 17.1 Å². The molecule has 0 amide bonds. The first-order valence-corrected chi connectivity index (χ1v) is 8.22. The fraction of sp³-hybridized carbons (Fsp3) is 0.200. The highest BCUT2D eigenvalue weighted by molar-refractivity contribution is 7.91. The summed E-state index contributed by atoms with van der Waals surface area (Å²) in [4.78, 5) is 0. The van der Waals surface area contributed by atoms with Crippen LogP contribution in [0.15, 0.2) is 48.5 Å². The van der Waals surface area contributed by atoms with Crippen LogP contribution >= 0.6 is 0 Å². The number of hydrogen-bond acceptors (Lipinski definition) is 4. The zero-order valence-electron chi connectivity index (χ0n) is 11.7. The van der Waals surface area contributed by atoms with Crippen molar-refractivity contribution in [3.63, 3.8) is 0 Å². The lowest BCUT2D eigenvalue weighted by Crippen LogP contribution is -2.15. The van der Waals surface area contributed by atoms with Gasteiger partial charge in [0.2, 0.25) is 10.0 Å². The van der Waals surface area contributed by atoms with Gasteiger partial charge in [-0.2, -0.15) is 0 Å². The number of nitrogens with one attached hydrogen (secondary N) is 1. The second kappa shape index (κ2) is 6.49. The molecule has 2 aromatic rings. The van der Waals surface area contributed by atoms with Crippen molar-refractivity contribution in [1.82, 2.24) is 0 Å². The Kier molecular flexibility index (Phi) is 4.70. The maximum absolute atomic E-state index is 12.1. The van der Waals surface area contributed by atoms with Crippen molar-refractivity contribution in [2.24, 2.45) is 0 Å². The van der Waals surface area contributed by atoms with Crippen LogP contribution in [0.1, 0.15) is 12.5 Å². The van der Waals surface area contributed by atoms with E-state index < -0.39 is 10.0 Å². The Morgan fingerprint density at radius 1 is 1.10 bits per heavy atom. The second-order valence-corrected chi connectivity index (χ2v) is 6.24. The number of sulfonamides is 1. The topological polar surface area (TPSA) is 81.4 Å². The molecule has 0 aromatic heterocycles. The first-order valence-electron chi connectivity index (χ1n) is 6.57. The number of benzene rings is 2. The smallest absolute Gasteiger partial charge is 0.236 e. The highest BCUT2D eigenvalue weighted by Gasteiger charge is 2.13.